The van der Waals surface area contributed by atoms with Crippen LogP contribution < -0.4 is 0 Å². The van der Waals surface area contributed by atoms with Crippen LogP contribution in [0.15, 0.2) is 0 Å². The molecule has 0 unspecified atom stereocenters. The van der Waals surface area contributed by atoms with Gasteiger partial charge in [-0.2, -0.15) is 21.1 Å². The number of nitrogens with zero attached hydrogens (tertiary/aromatic N) is 3. The molecule has 11 heavy (non-hydrogen) atoms. The molecule has 0 N–H and O–H groups in total. The second-order valence-corrected chi connectivity index (χ2v) is 2.29. The van der Waals surface area contributed by atoms with Crippen LogP contribution in [-0.2, 0) is 26.2 Å². The van der Waals surface area contributed by atoms with Gasteiger partial charge in [-0.15, -0.1) is 6.54 Å². The molecule has 0 aromatic carbocycles. The van der Waals surface area contributed by atoms with E-state index in [1.54, 1.807) is 14.1 Å². The van der Waals surface area contributed by atoms with E-state index in [0.717, 1.165) is 13.1 Å². The van der Waals surface area contributed by atoms with Gasteiger partial charge < -0.3 is 15.5 Å². The van der Waals surface area contributed by atoms with Gasteiger partial charge in [0.05, 0.1) is 0 Å². The van der Waals surface area contributed by atoms with Gasteiger partial charge in [-0.1, -0.05) is 0 Å². The van der Waals surface area contributed by atoms with Crippen LogP contribution in [0.1, 0.15) is 0 Å². The van der Waals surface area contributed by atoms with Crippen LogP contribution in [0.5, 0.6) is 0 Å². The van der Waals surface area contributed by atoms with Crippen molar-refractivity contribution in [1.82, 2.24) is 4.90 Å². The summed E-state index contributed by atoms with van der Waals surface area (Å²) in [5.41, 5.74) is 0. The number of likely N-dealkylation sites (N-methyl/N-ethyl adjacent to an activating group) is 2. The molecule has 0 bridgehead atoms. The van der Waals surface area contributed by atoms with E-state index in [-0.39, 0.29) is 26.2 Å². The molecule has 0 atom stereocenters. The summed E-state index contributed by atoms with van der Waals surface area (Å²) >= 11 is 0. The molecule has 0 aliphatic carbocycles. The quantitative estimate of drug-likeness (QED) is 0.724. The molecule has 0 amide bonds. The maximum Gasteiger partial charge on any atom is 3.00 e. The molecule has 3 nitrogen and oxygen atoms in total. The number of rotatable bonds is 3. The molecule has 1 radical (unpaired) electrons. The van der Waals surface area contributed by atoms with E-state index in [2.05, 4.69) is 15.5 Å². The van der Waals surface area contributed by atoms with Crippen molar-refractivity contribution in [3.8, 4) is 0 Å². The summed E-state index contributed by atoms with van der Waals surface area (Å²) in [6.07, 6.45) is 0. The molecular formula is C7H19N3Zr+. The molecule has 4 heteroatoms. The van der Waals surface area contributed by atoms with Crippen molar-refractivity contribution in [2.75, 3.05) is 48.3 Å². The summed E-state index contributed by atoms with van der Waals surface area (Å²) in [4.78, 5) is 2.12. The summed E-state index contributed by atoms with van der Waals surface area (Å²) in [5, 5.41) is 7.43. The zero-order chi connectivity index (χ0) is 8.41. The second kappa shape index (κ2) is 17.0. The van der Waals surface area contributed by atoms with Crippen molar-refractivity contribution in [3.63, 3.8) is 0 Å². The van der Waals surface area contributed by atoms with Crippen LogP contribution in [-0.4, -0.2) is 53.2 Å². The van der Waals surface area contributed by atoms with Crippen molar-refractivity contribution < 1.29 is 26.2 Å². The minimum absolute atomic E-state index is 0. The van der Waals surface area contributed by atoms with Crippen LogP contribution in [0, 0.1) is 0 Å². The Labute approximate surface area is 90.0 Å². The zero-order valence-corrected chi connectivity index (χ0v) is 10.7. The van der Waals surface area contributed by atoms with Crippen LogP contribution in [0.25, 0.3) is 10.6 Å². The van der Waals surface area contributed by atoms with E-state index in [0.29, 0.717) is 0 Å². The third-order valence-corrected chi connectivity index (χ3v) is 0.771. The van der Waals surface area contributed by atoms with Crippen LogP contribution in [0.4, 0.5) is 0 Å². The summed E-state index contributed by atoms with van der Waals surface area (Å²) in [6.45, 7) is 2.02. The predicted molar refractivity (Wildman–Crippen MR) is 47.9 cm³/mol. The van der Waals surface area contributed by atoms with Gasteiger partial charge in [0.1, 0.15) is 0 Å². The standard InChI is InChI=1S/C5H13N2.C2H6N.Zr/c1-6-4-5-7(2)3;1-3-2;/h4-5H2,1-3H3;1-2H3;/q2*-1;+3. The maximum atomic E-state index is 3.93. The first-order valence-corrected chi connectivity index (χ1v) is 3.37. The van der Waals surface area contributed by atoms with Crippen molar-refractivity contribution in [2.45, 2.75) is 0 Å². The second-order valence-electron chi connectivity index (χ2n) is 2.29. The molecule has 0 aliphatic heterocycles. The van der Waals surface area contributed by atoms with Gasteiger partial charge in [0.25, 0.3) is 0 Å². The average molecular weight is 236 g/mol. The van der Waals surface area contributed by atoms with Crippen LogP contribution in [0.2, 0.25) is 0 Å². The van der Waals surface area contributed by atoms with Gasteiger partial charge in [-0.25, -0.2) is 0 Å². The number of hydrogen-bond acceptors (Lipinski definition) is 1. The first kappa shape index (κ1) is 17.7. The van der Waals surface area contributed by atoms with Gasteiger partial charge in [-0.05, 0) is 20.6 Å². The Balaban J connectivity index is -0.000000140. The van der Waals surface area contributed by atoms with Crippen LogP contribution >= 0.6 is 0 Å². The molecule has 0 spiro atoms. The van der Waals surface area contributed by atoms with Gasteiger partial charge in [0.15, 0.2) is 0 Å². The summed E-state index contributed by atoms with van der Waals surface area (Å²) in [6, 6.07) is 0. The van der Waals surface area contributed by atoms with Crippen molar-refractivity contribution in [1.29, 1.82) is 0 Å². The Kier molecular flexibility index (Phi) is 27.5. The Hall–Kier alpha value is 0.763. The molecule has 0 saturated heterocycles. The first-order chi connectivity index (χ1) is 4.68. The zero-order valence-electron chi connectivity index (χ0n) is 8.26. The molecule has 0 aliphatic rings. The fraction of sp³-hybridized carbons (Fsp3) is 1.00. The topological polar surface area (TPSA) is 31.4 Å². The third kappa shape index (κ3) is 36.4. The van der Waals surface area contributed by atoms with E-state index < -0.39 is 0 Å². The maximum absolute atomic E-state index is 3.93. The molecule has 0 heterocycles. The van der Waals surface area contributed by atoms with E-state index >= 15 is 0 Å². The number of hydrogen-bond donors (Lipinski definition) is 0. The first-order valence-electron chi connectivity index (χ1n) is 3.37. The summed E-state index contributed by atoms with van der Waals surface area (Å²) < 4.78 is 0. The molecule has 0 aromatic rings. The molecular weight excluding hydrogens is 217 g/mol. The van der Waals surface area contributed by atoms with Crippen LogP contribution in [0.3, 0.4) is 0 Å². The monoisotopic (exact) mass is 235 g/mol. The SMILES string of the molecule is C[N-]C.C[N-]CCN(C)C.[Zr+3]. The van der Waals surface area contributed by atoms with Crippen molar-refractivity contribution in [2.24, 2.45) is 0 Å². The van der Waals surface area contributed by atoms with Gasteiger partial charge >= 0.3 is 26.2 Å². The fourth-order valence-electron chi connectivity index (χ4n) is 0.300. The van der Waals surface area contributed by atoms with E-state index in [1.807, 2.05) is 21.1 Å². The molecule has 0 fully saturated rings. The molecule has 65 valence electrons. The Morgan fingerprint density at radius 1 is 1.09 bits per heavy atom. The van der Waals surface area contributed by atoms with Crippen molar-refractivity contribution >= 4 is 0 Å². The van der Waals surface area contributed by atoms with Gasteiger partial charge in [0, 0.05) is 0 Å². The van der Waals surface area contributed by atoms with E-state index in [9.17, 15) is 0 Å². The normalized spacial score (nSPS) is 8.18. The molecule has 0 rings (SSSR count). The summed E-state index contributed by atoms with van der Waals surface area (Å²) in [7, 11) is 9.43. The minimum atomic E-state index is 0. The Morgan fingerprint density at radius 3 is 1.55 bits per heavy atom. The predicted octanol–water partition coefficient (Wildman–Crippen LogP) is 1.17. The Bertz CT molecular complexity index is 51.0. The third-order valence-electron chi connectivity index (χ3n) is 0.771. The summed E-state index contributed by atoms with van der Waals surface area (Å²) in [5.74, 6) is 0. The Morgan fingerprint density at radius 2 is 1.45 bits per heavy atom. The van der Waals surface area contributed by atoms with E-state index in [1.165, 1.54) is 0 Å². The van der Waals surface area contributed by atoms with E-state index in [4.69, 9.17) is 0 Å². The minimum Gasteiger partial charge on any atom is -0.668 e. The molecule has 0 aromatic heterocycles. The molecule has 0 saturated carbocycles. The smallest absolute Gasteiger partial charge is 0.668 e. The largest absolute Gasteiger partial charge is 3.00 e. The van der Waals surface area contributed by atoms with Crippen molar-refractivity contribution in [3.05, 3.63) is 10.6 Å². The van der Waals surface area contributed by atoms with Gasteiger partial charge in [-0.3, -0.25) is 0 Å². The fourth-order valence-corrected chi connectivity index (χ4v) is 0.300. The average Bonchev–Trinajstić information content (AvgIpc) is 1.85. The van der Waals surface area contributed by atoms with Gasteiger partial charge in [0.2, 0.25) is 0 Å².